The Labute approximate surface area is 234 Å². The van der Waals surface area contributed by atoms with Crippen LogP contribution in [0.15, 0.2) is 42.5 Å². The van der Waals surface area contributed by atoms with Crippen LogP contribution in [0, 0.1) is 11.7 Å². The number of carbonyl (C=O) groups is 1. The fourth-order valence-corrected chi connectivity index (χ4v) is 5.56. The van der Waals surface area contributed by atoms with Gasteiger partial charge in [0.25, 0.3) is 0 Å². The van der Waals surface area contributed by atoms with Gasteiger partial charge in [-0.3, -0.25) is 0 Å². The molecule has 1 aliphatic rings. The second-order valence-electron chi connectivity index (χ2n) is 10.7. The second kappa shape index (κ2) is 15.4. The highest BCUT2D eigenvalue weighted by Gasteiger charge is 2.47. The monoisotopic (exact) mass is 549 g/mol. The van der Waals surface area contributed by atoms with Crippen LogP contribution in [-0.2, 0) is 27.1 Å². The number of fused-ring (bicyclic) bond motifs is 1. The minimum absolute atomic E-state index is 0. The Kier molecular flexibility index (Phi) is 13.0. The molecule has 2 aromatic carbocycles. The van der Waals surface area contributed by atoms with Crippen molar-refractivity contribution in [2.45, 2.75) is 70.8 Å². The molecule has 0 spiro atoms. The minimum atomic E-state index is -0.652. The predicted octanol–water partition coefficient (Wildman–Crippen LogP) is 6.61. The normalized spacial score (nSPS) is 18.7. The van der Waals surface area contributed by atoms with Gasteiger partial charge >= 0.3 is 5.97 Å². The van der Waals surface area contributed by atoms with Crippen molar-refractivity contribution in [1.29, 1.82) is 0 Å². The maximum absolute atomic E-state index is 14.0. The third-order valence-electron chi connectivity index (χ3n) is 7.46. The number of carbonyl (C=O) groups excluding carboxylic acids is 1. The van der Waals surface area contributed by atoms with Crippen LogP contribution in [0.4, 0.5) is 4.39 Å². The molecule has 5 nitrogen and oxygen atoms in total. The average Bonchev–Trinajstić information content (AvgIpc) is 2.87. The number of likely N-dealkylation sites (N-methyl/N-ethyl adjacent to an activating group) is 1. The third-order valence-corrected chi connectivity index (χ3v) is 7.46. The van der Waals surface area contributed by atoms with Crippen molar-refractivity contribution < 1.29 is 23.4 Å². The fraction of sp³-hybridized carbons (Fsp3) is 0.581. The number of esters is 1. The molecule has 0 saturated carbocycles. The maximum atomic E-state index is 14.0. The first-order valence-corrected chi connectivity index (χ1v) is 13.7. The number of nitrogens with zero attached hydrogens (tertiary/aromatic N) is 1. The SMILES string of the molecule is CCCCOc1ccc(CCN(C)CC[C@]2(OC(=O)COC)CCc3cc(F)ccc3[C@H]2C(C)C)cc1.Cl. The molecule has 0 unspecified atom stereocenters. The lowest BCUT2D eigenvalue weighted by Gasteiger charge is -2.47. The van der Waals surface area contributed by atoms with Gasteiger partial charge in [-0.1, -0.05) is 45.4 Å². The number of methoxy groups -OCH3 is 1. The Bertz CT molecular complexity index is 1000. The summed E-state index contributed by atoms with van der Waals surface area (Å²) < 4.78 is 31.1. The van der Waals surface area contributed by atoms with Crippen molar-refractivity contribution in [3.8, 4) is 5.75 Å². The molecule has 0 aliphatic heterocycles. The topological polar surface area (TPSA) is 48.0 Å². The highest BCUT2D eigenvalue weighted by Crippen LogP contribution is 2.48. The quantitative estimate of drug-likeness (QED) is 0.196. The lowest BCUT2D eigenvalue weighted by Crippen LogP contribution is -2.49. The van der Waals surface area contributed by atoms with Gasteiger partial charge in [0.05, 0.1) is 6.61 Å². The van der Waals surface area contributed by atoms with Crippen molar-refractivity contribution in [1.82, 2.24) is 4.90 Å². The van der Waals surface area contributed by atoms with E-state index in [2.05, 4.69) is 44.9 Å². The summed E-state index contributed by atoms with van der Waals surface area (Å²) in [6.45, 7) is 8.84. The van der Waals surface area contributed by atoms with Gasteiger partial charge in [0.15, 0.2) is 0 Å². The van der Waals surface area contributed by atoms with Crippen LogP contribution in [0.1, 0.15) is 69.1 Å². The highest BCUT2D eigenvalue weighted by molar-refractivity contribution is 5.85. The summed E-state index contributed by atoms with van der Waals surface area (Å²) in [6.07, 6.45) is 5.19. The Hall–Kier alpha value is -2.15. The number of halogens is 2. The number of hydrogen-bond acceptors (Lipinski definition) is 5. The molecule has 0 fully saturated rings. The third kappa shape index (κ3) is 8.69. The molecule has 0 heterocycles. The van der Waals surface area contributed by atoms with E-state index in [1.165, 1.54) is 18.7 Å². The molecular weight excluding hydrogens is 505 g/mol. The van der Waals surface area contributed by atoms with Crippen molar-refractivity contribution in [2.75, 3.05) is 40.5 Å². The van der Waals surface area contributed by atoms with Crippen LogP contribution in [0.3, 0.4) is 0 Å². The van der Waals surface area contributed by atoms with Gasteiger partial charge in [0.2, 0.25) is 0 Å². The minimum Gasteiger partial charge on any atom is -0.494 e. The lowest BCUT2D eigenvalue weighted by molar-refractivity contribution is -0.172. The summed E-state index contributed by atoms with van der Waals surface area (Å²) >= 11 is 0. The van der Waals surface area contributed by atoms with E-state index in [4.69, 9.17) is 14.2 Å². The van der Waals surface area contributed by atoms with Gasteiger partial charge in [0.1, 0.15) is 23.8 Å². The Morgan fingerprint density at radius 3 is 2.55 bits per heavy atom. The molecule has 0 amide bonds. The van der Waals surface area contributed by atoms with Crippen LogP contribution in [0.2, 0.25) is 0 Å². The number of rotatable bonds is 14. The van der Waals surface area contributed by atoms with Crippen molar-refractivity contribution in [3.05, 3.63) is 65.0 Å². The molecular formula is C31H45ClFNO4. The van der Waals surface area contributed by atoms with Crippen molar-refractivity contribution >= 4 is 18.4 Å². The van der Waals surface area contributed by atoms with Crippen LogP contribution in [-0.4, -0.2) is 56.9 Å². The summed E-state index contributed by atoms with van der Waals surface area (Å²) in [5.41, 5.74) is 2.73. The fourth-order valence-electron chi connectivity index (χ4n) is 5.56. The standard InChI is InChI=1S/C31H44FNO4.ClH/c1-6-7-20-36-27-11-8-24(9-12-27)15-18-33(4)19-17-31(37-29(34)22-35-5)16-14-25-21-26(32)10-13-28(25)30(31)23(2)3;/h8-13,21,23,30H,6-7,14-20,22H2,1-5H3;1H/t30-,31-;/m1./s1. The molecule has 7 heteroatoms. The molecule has 3 rings (SSSR count). The Morgan fingerprint density at radius 2 is 1.89 bits per heavy atom. The zero-order chi connectivity index (χ0) is 26.8. The zero-order valence-electron chi connectivity index (χ0n) is 23.6. The van der Waals surface area contributed by atoms with E-state index >= 15 is 0 Å². The zero-order valence-corrected chi connectivity index (χ0v) is 24.5. The first-order valence-electron chi connectivity index (χ1n) is 13.7. The molecule has 38 heavy (non-hydrogen) atoms. The summed E-state index contributed by atoms with van der Waals surface area (Å²) in [5.74, 6) is 0.574. The van der Waals surface area contributed by atoms with Crippen LogP contribution < -0.4 is 4.74 Å². The summed E-state index contributed by atoms with van der Waals surface area (Å²) in [6, 6.07) is 13.4. The molecule has 0 bridgehead atoms. The van der Waals surface area contributed by atoms with Gasteiger partial charge in [-0.2, -0.15) is 0 Å². The molecule has 1 aliphatic carbocycles. The van der Waals surface area contributed by atoms with Crippen LogP contribution >= 0.6 is 12.4 Å². The summed E-state index contributed by atoms with van der Waals surface area (Å²) in [5, 5.41) is 0. The second-order valence-corrected chi connectivity index (χ2v) is 10.7. The van der Waals surface area contributed by atoms with E-state index < -0.39 is 5.60 Å². The van der Waals surface area contributed by atoms with Gasteiger partial charge in [-0.25, -0.2) is 9.18 Å². The van der Waals surface area contributed by atoms with Crippen molar-refractivity contribution in [3.63, 3.8) is 0 Å². The molecule has 2 aromatic rings. The molecule has 0 saturated heterocycles. The molecule has 0 N–H and O–H groups in total. The average molecular weight is 550 g/mol. The first-order chi connectivity index (χ1) is 17.8. The molecule has 0 aromatic heterocycles. The van der Waals surface area contributed by atoms with Gasteiger partial charge in [0, 0.05) is 32.5 Å². The van der Waals surface area contributed by atoms with E-state index in [0.29, 0.717) is 19.3 Å². The van der Waals surface area contributed by atoms with Gasteiger partial charge in [-0.05, 0) is 79.6 Å². The molecule has 0 radical (unpaired) electrons. The lowest BCUT2D eigenvalue weighted by atomic mass is 9.65. The Morgan fingerprint density at radius 1 is 1.16 bits per heavy atom. The van der Waals surface area contributed by atoms with E-state index in [1.807, 2.05) is 18.2 Å². The highest BCUT2D eigenvalue weighted by atomic mass is 35.5. The van der Waals surface area contributed by atoms with E-state index in [0.717, 1.165) is 55.8 Å². The Balaban J connectivity index is 0.00000507. The van der Waals surface area contributed by atoms with Crippen LogP contribution in [0.25, 0.3) is 0 Å². The first kappa shape index (κ1) is 32.1. The summed E-state index contributed by atoms with van der Waals surface area (Å²) in [7, 11) is 3.62. The number of hydrogen-bond donors (Lipinski definition) is 0. The molecule has 212 valence electrons. The van der Waals surface area contributed by atoms with Crippen LogP contribution in [0.5, 0.6) is 5.75 Å². The predicted molar refractivity (Wildman–Crippen MR) is 153 cm³/mol. The number of aryl methyl sites for hydroxylation is 1. The maximum Gasteiger partial charge on any atom is 0.332 e. The van der Waals surface area contributed by atoms with Gasteiger partial charge in [-0.15, -0.1) is 12.4 Å². The van der Waals surface area contributed by atoms with E-state index in [1.54, 1.807) is 6.07 Å². The largest absolute Gasteiger partial charge is 0.494 e. The van der Waals surface area contributed by atoms with E-state index in [9.17, 15) is 9.18 Å². The molecule has 2 atom stereocenters. The van der Waals surface area contributed by atoms with Gasteiger partial charge < -0.3 is 19.1 Å². The smallest absolute Gasteiger partial charge is 0.332 e. The number of benzene rings is 2. The number of unbranched alkanes of at least 4 members (excludes halogenated alkanes) is 1. The van der Waals surface area contributed by atoms with E-state index in [-0.39, 0.29) is 42.6 Å². The van der Waals surface area contributed by atoms with Crippen molar-refractivity contribution in [2.24, 2.45) is 5.92 Å². The number of ether oxygens (including phenoxy) is 3. The summed E-state index contributed by atoms with van der Waals surface area (Å²) in [4.78, 5) is 15.0.